The number of hydrogen-bond acceptors (Lipinski definition) is 4. The predicted molar refractivity (Wildman–Crippen MR) is 90.5 cm³/mol. The number of carbonyl (C=O) groups excluding carboxylic acids is 2. The largest absolute Gasteiger partial charge is 0.351 e. The lowest BCUT2D eigenvalue weighted by molar-refractivity contribution is -0.131. The van der Waals surface area contributed by atoms with Crippen molar-refractivity contribution in [3.05, 3.63) is 27.7 Å². The van der Waals surface area contributed by atoms with Crippen LogP contribution in [0.4, 0.5) is 0 Å². The van der Waals surface area contributed by atoms with Crippen LogP contribution in [0.15, 0.2) is 10.9 Å². The maximum Gasteiger partial charge on any atom is 0.267 e. The number of aryl methyl sites for hydroxylation is 2. The molecule has 1 fully saturated rings. The van der Waals surface area contributed by atoms with Gasteiger partial charge in [-0.05, 0) is 25.3 Å². The van der Waals surface area contributed by atoms with E-state index in [4.69, 9.17) is 0 Å². The Hall–Kier alpha value is -2.18. The van der Waals surface area contributed by atoms with Crippen LogP contribution in [-0.2, 0) is 16.1 Å². The molecule has 132 valence electrons. The molecule has 0 saturated carbocycles. The van der Waals surface area contributed by atoms with Gasteiger partial charge in [-0.1, -0.05) is 13.8 Å². The Balaban J connectivity index is 2.12. The second-order valence-corrected chi connectivity index (χ2v) is 6.92. The summed E-state index contributed by atoms with van der Waals surface area (Å²) >= 11 is 0. The minimum absolute atomic E-state index is 0.0455. The summed E-state index contributed by atoms with van der Waals surface area (Å²) in [5.41, 5.74) is 1.28. The van der Waals surface area contributed by atoms with Crippen LogP contribution in [0.2, 0.25) is 0 Å². The Morgan fingerprint density at radius 3 is 2.58 bits per heavy atom. The van der Waals surface area contributed by atoms with E-state index < -0.39 is 0 Å². The highest BCUT2D eigenvalue weighted by molar-refractivity contribution is 5.77. The number of carbonyl (C=O) groups is 2. The highest BCUT2D eigenvalue weighted by atomic mass is 16.2. The van der Waals surface area contributed by atoms with Gasteiger partial charge >= 0.3 is 0 Å². The van der Waals surface area contributed by atoms with Crippen LogP contribution in [0.25, 0.3) is 0 Å². The van der Waals surface area contributed by atoms with E-state index in [1.165, 1.54) is 17.7 Å². The molecular formula is C17H26N4O3. The number of rotatable bonds is 4. The van der Waals surface area contributed by atoms with E-state index in [0.29, 0.717) is 19.0 Å². The van der Waals surface area contributed by atoms with Crippen molar-refractivity contribution in [2.24, 2.45) is 11.8 Å². The van der Waals surface area contributed by atoms with Gasteiger partial charge in [0, 0.05) is 32.0 Å². The fourth-order valence-electron chi connectivity index (χ4n) is 3.14. The molecule has 2 heterocycles. The molecule has 1 saturated heterocycles. The lowest BCUT2D eigenvalue weighted by atomic mass is 9.91. The number of amides is 2. The molecule has 0 radical (unpaired) electrons. The van der Waals surface area contributed by atoms with E-state index in [9.17, 15) is 14.4 Å². The average Bonchev–Trinajstić information content (AvgIpc) is 2.88. The first-order valence-electron chi connectivity index (χ1n) is 8.29. The quantitative estimate of drug-likeness (QED) is 0.868. The zero-order chi connectivity index (χ0) is 18.0. The molecule has 24 heavy (non-hydrogen) atoms. The van der Waals surface area contributed by atoms with Gasteiger partial charge in [-0.15, -0.1) is 0 Å². The second kappa shape index (κ2) is 7.15. The summed E-state index contributed by atoms with van der Waals surface area (Å²) in [6.07, 6.45) is 0. The van der Waals surface area contributed by atoms with E-state index in [0.717, 1.165) is 11.3 Å². The van der Waals surface area contributed by atoms with Crippen LogP contribution in [0.3, 0.4) is 0 Å². The normalized spacial score (nSPS) is 20.5. The van der Waals surface area contributed by atoms with E-state index in [1.807, 2.05) is 13.8 Å². The third-order valence-electron chi connectivity index (χ3n) is 4.68. The number of likely N-dealkylation sites (tertiary alicyclic amines) is 1. The summed E-state index contributed by atoms with van der Waals surface area (Å²) in [7, 11) is 0. The van der Waals surface area contributed by atoms with E-state index >= 15 is 0 Å². The Kier molecular flexibility index (Phi) is 5.41. The molecule has 1 aliphatic heterocycles. The third kappa shape index (κ3) is 4.01. The predicted octanol–water partition coefficient (Wildman–Crippen LogP) is 0.479. The van der Waals surface area contributed by atoms with Gasteiger partial charge in [0.15, 0.2) is 0 Å². The first-order chi connectivity index (χ1) is 11.2. The van der Waals surface area contributed by atoms with Crippen molar-refractivity contribution in [1.29, 1.82) is 0 Å². The van der Waals surface area contributed by atoms with Gasteiger partial charge in [0.2, 0.25) is 11.8 Å². The lowest BCUT2D eigenvalue weighted by Crippen LogP contribution is -2.41. The maximum atomic E-state index is 12.6. The summed E-state index contributed by atoms with van der Waals surface area (Å²) in [6, 6.07) is 1.45. The molecule has 0 aromatic carbocycles. The zero-order valence-corrected chi connectivity index (χ0v) is 15.0. The van der Waals surface area contributed by atoms with Crippen LogP contribution in [0.5, 0.6) is 0 Å². The molecular weight excluding hydrogens is 308 g/mol. The van der Waals surface area contributed by atoms with Gasteiger partial charge in [0.1, 0.15) is 6.54 Å². The van der Waals surface area contributed by atoms with Crippen LogP contribution < -0.4 is 10.9 Å². The Morgan fingerprint density at radius 2 is 2.00 bits per heavy atom. The molecule has 2 atom stereocenters. The SMILES string of the molecule is CC(=O)N[C@@H]1CN(C(=O)Cn2nc(C)c(C)cc2=O)C[C@H]1C(C)C. The van der Waals surface area contributed by atoms with Gasteiger partial charge in [-0.2, -0.15) is 5.10 Å². The van der Waals surface area contributed by atoms with Crippen molar-refractivity contribution in [2.45, 2.75) is 47.2 Å². The first kappa shape index (κ1) is 18.2. The molecule has 1 aliphatic rings. The highest BCUT2D eigenvalue weighted by Crippen LogP contribution is 2.24. The monoisotopic (exact) mass is 334 g/mol. The third-order valence-corrected chi connectivity index (χ3v) is 4.68. The molecule has 1 N–H and O–H groups in total. The molecule has 0 bridgehead atoms. The van der Waals surface area contributed by atoms with E-state index in [1.54, 1.807) is 4.90 Å². The van der Waals surface area contributed by atoms with Gasteiger partial charge in [0.25, 0.3) is 5.56 Å². The summed E-state index contributed by atoms with van der Waals surface area (Å²) < 4.78 is 1.21. The lowest BCUT2D eigenvalue weighted by Gasteiger charge is -2.21. The summed E-state index contributed by atoms with van der Waals surface area (Å²) in [5.74, 6) is 0.322. The zero-order valence-electron chi connectivity index (χ0n) is 15.0. The molecule has 0 aliphatic carbocycles. The number of aromatic nitrogens is 2. The summed E-state index contributed by atoms with van der Waals surface area (Å²) in [4.78, 5) is 37.7. The number of hydrogen-bond donors (Lipinski definition) is 1. The van der Waals surface area contributed by atoms with Gasteiger partial charge in [-0.25, -0.2) is 4.68 Å². The van der Waals surface area contributed by atoms with Crippen molar-refractivity contribution in [3.63, 3.8) is 0 Å². The second-order valence-electron chi connectivity index (χ2n) is 6.92. The molecule has 2 amide bonds. The van der Waals surface area contributed by atoms with Gasteiger partial charge in [0.05, 0.1) is 11.7 Å². The minimum atomic E-state index is -0.274. The van der Waals surface area contributed by atoms with E-state index in [-0.39, 0.29) is 35.9 Å². The van der Waals surface area contributed by atoms with Crippen molar-refractivity contribution in [3.8, 4) is 0 Å². The molecule has 7 heteroatoms. The Bertz CT molecular complexity index is 696. The number of nitrogens with zero attached hydrogens (tertiary/aromatic N) is 3. The molecule has 0 unspecified atom stereocenters. The summed E-state index contributed by atoms with van der Waals surface area (Å²) in [6.45, 7) is 10.3. The molecule has 1 aromatic rings. The van der Waals surface area contributed by atoms with E-state index in [2.05, 4.69) is 24.3 Å². The van der Waals surface area contributed by atoms with Crippen LogP contribution in [0, 0.1) is 25.7 Å². The fourth-order valence-corrected chi connectivity index (χ4v) is 3.14. The average molecular weight is 334 g/mol. The highest BCUT2D eigenvalue weighted by Gasteiger charge is 2.37. The number of nitrogens with one attached hydrogen (secondary N) is 1. The Labute approximate surface area is 142 Å². The van der Waals surface area contributed by atoms with Crippen LogP contribution >= 0.6 is 0 Å². The van der Waals surface area contributed by atoms with Crippen LogP contribution in [-0.4, -0.2) is 45.6 Å². The fraction of sp³-hybridized carbons (Fsp3) is 0.647. The maximum absolute atomic E-state index is 12.6. The topological polar surface area (TPSA) is 84.3 Å². The molecule has 7 nitrogen and oxygen atoms in total. The standard InChI is InChI=1S/C17H26N4O3/c1-10(2)14-7-20(8-15(14)18-13(5)22)17(24)9-21-16(23)6-11(3)12(4)19-21/h6,10,14-15H,7-9H2,1-5H3,(H,18,22)/t14-,15+/m0/s1. The molecule has 2 rings (SSSR count). The van der Waals surface area contributed by atoms with Gasteiger partial charge in [-0.3, -0.25) is 14.4 Å². The van der Waals surface area contributed by atoms with Crippen molar-refractivity contribution >= 4 is 11.8 Å². The smallest absolute Gasteiger partial charge is 0.267 e. The molecule has 0 spiro atoms. The molecule has 1 aromatic heterocycles. The van der Waals surface area contributed by atoms with Gasteiger partial charge < -0.3 is 10.2 Å². The van der Waals surface area contributed by atoms with Crippen molar-refractivity contribution < 1.29 is 9.59 Å². The Morgan fingerprint density at radius 1 is 1.33 bits per heavy atom. The first-order valence-corrected chi connectivity index (χ1v) is 8.29. The summed E-state index contributed by atoms with van der Waals surface area (Å²) in [5, 5.41) is 7.12. The minimum Gasteiger partial charge on any atom is -0.351 e. The van der Waals surface area contributed by atoms with Crippen molar-refractivity contribution in [2.75, 3.05) is 13.1 Å². The van der Waals surface area contributed by atoms with Crippen LogP contribution in [0.1, 0.15) is 32.0 Å². The van der Waals surface area contributed by atoms with Crippen molar-refractivity contribution in [1.82, 2.24) is 20.0 Å².